The molecule has 2 rings (SSSR count). The number of carbonyl (C=O) groups excluding carboxylic acids is 2. The zero-order valence-corrected chi connectivity index (χ0v) is 17.9. The van der Waals surface area contributed by atoms with Crippen molar-refractivity contribution in [2.45, 2.75) is 53.0 Å². The molecule has 1 unspecified atom stereocenters. The Kier molecular flexibility index (Phi) is 6.33. The highest BCUT2D eigenvalue weighted by molar-refractivity contribution is 6.01. The Labute approximate surface area is 168 Å². The minimum atomic E-state index is -0.568. The van der Waals surface area contributed by atoms with Crippen LogP contribution < -0.4 is 10.1 Å². The molecule has 0 saturated carbocycles. The van der Waals surface area contributed by atoms with E-state index in [0.29, 0.717) is 16.9 Å². The van der Waals surface area contributed by atoms with E-state index in [9.17, 15) is 9.59 Å². The van der Waals surface area contributed by atoms with Crippen molar-refractivity contribution >= 4 is 11.7 Å². The minimum Gasteiger partial charge on any atom is -0.497 e. The van der Waals surface area contributed by atoms with Gasteiger partial charge in [0.05, 0.1) is 13.0 Å². The Hall–Kier alpha value is -2.62. The topological polar surface area (TPSA) is 55.4 Å². The van der Waals surface area contributed by atoms with E-state index >= 15 is 0 Å². The lowest BCUT2D eigenvalue weighted by Gasteiger charge is -2.28. The van der Waals surface area contributed by atoms with Crippen LogP contribution >= 0.6 is 0 Å². The molecule has 4 nitrogen and oxygen atoms in total. The molecule has 1 N–H and O–H groups in total. The summed E-state index contributed by atoms with van der Waals surface area (Å²) in [6, 6.07) is 14.9. The van der Waals surface area contributed by atoms with Crippen molar-refractivity contribution in [2.24, 2.45) is 5.41 Å². The smallest absolute Gasteiger partial charge is 0.251 e. The maximum absolute atomic E-state index is 13.5. The number of ether oxygens (including phenoxy) is 1. The Balaban J connectivity index is 2.70. The molecule has 0 aliphatic carbocycles. The summed E-state index contributed by atoms with van der Waals surface area (Å²) in [5.41, 5.74) is 1.06. The first-order valence-electron chi connectivity index (χ1n) is 9.54. The fourth-order valence-corrected chi connectivity index (χ4v) is 3.07. The van der Waals surface area contributed by atoms with E-state index in [4.69, 9.17) is 4.74 Å². The lowest BCUT2D eigenvalue weighted by Crippen LogP contribution is -2.41. The lowest BCUT2D eigenvalue weighted by atomic mass is 9.75. The van der Waals surface area contributed by atoms with Gasteiger partial charge in [-0.3, -0.25) is 9.59 Å². The number of carbonyl (C=O) groups is 2. The number of hydrogen-bond donors (Lipinski definition) is 1. The van der Waals surface area contributed by atoms with Crippen molar-refractivity contribution in [1.29, 1.82) is 0 Å². The largest absolute Gasteiger partial charge is 0.497 e. The first-order valence-corrected chi connectivity index (χ1v) is 9.54. The number of ketones is 1. The lowest BCUT2D eigenvalue weighted by molar-refractivity contribution is -0.126. The number of methoxy groups -OCH3 is 1. The Bertz CT molecular complexity index is 842. The second kappa shape index (κ2) is 8.17. The van der Waals surface area contributed by atoms with E-state index in [-0.39, 0.29) is 17.2 Å². The van der Waals surface area contributed by atoms with Gasteiger partial charge in [-0.25, -0.2) is 0 Å². The summed E-state index contributed by atoms with van der Waals surface area (Å²) in [5.74, 6) is -0.0912. The number of rotatable bonds is 5. The van der Waals surface area contributed by atoms with Crippen LogP contribution in [0.15, 0.2) is 48.5 Å². The summed E-state index contributed by atoms with van der Waals surface area (Å²) in [6.45, 7) is 11.5. The molecule has 28 heavy (non-hydrogen) atoms. The van der Waals surface area contributed by atoms with Gasteiger partial charge in [0.1, 0.15) is 11.5 Å². The van der Waals surface area contributed by atoms with E-state index in [1.54, 1.807) is 25.3 Å². The normalized spacial score (nSPS) is 13.0. The molecule has 0 bridgehead atoms. The first kappa shape index (κ1) is 21.7. The van der Waals surface area contributed by atoms with Crippen LogP contribution in [0.25, 0.3) is 0 Å². The molecule has 0 saturated heterocycles. The highest BCUT2D eigenvalue weighted by Gasteiger charge is 2.34. The molecule has 0 radical (unpaired) electrons. The van der Waals surface area contributed by atoms with Gasteiger partial charge in [0, 0.05) is 16.5 Å². The molecule has 0 aliphatic rings. The van der Waals surface area contributed by atoms with Gasteiger partial charge in [-0.2, -0.15) is 0 Å². The van der Waals surface area contributed by atoms with E-state index < -0.39 is 11.3 Å². The number of Topliss-reactive ketones (excluding diaryl/α,β-unsaturated/α-hetero) is 1. The van der Waals surface area contributed by atoms with E-state index in [1.807, 2.05) is 71.9 Å². The fourth-order valence-electron chi connectivity index (χ4n) is 3.07. The molecule has 2 aromatic rings. The molecule has 150 valence electrons. The van der Waals surface area contributed by atoms with Crippen LogP contribution in [0.4, 0.5) is 0 Å². The second-order valence-electron chi connectivity index (χ2n) is 9.12. The third-order valence-corrected chi connectivity index (χ3v) is 4.44. The molecule has 1 amide bonds. The van der Waals surface area contributed by atoms with Crippen LogP contribution in [0.1, 0.15) is 68.9 Å². The maximum Gasteiger partial charge on any atom is 0.251 e. The monoisotopic (exact) mass is 381 g/mol. The van der Waals surface area contributed by atoms with Crippen molar-refractivity contribution < 1.29 is 14.3 Å². The molecular formula is C24H31NO3. The van der Waals surface area contributed by atoms with Crippen molar-refractivity contribution in [3.05, 3.63) is 65.2 Å². The van der Waals surface area contributed by atoms with Crippen LogP contribution in [0.2, 0.25) is 0 Å². The van der Waals surface area contributed by atoms with Gasteiger partial charge >= 0.3 is 0 Å². The van der Waals surface area contributed by atoms with Crippen LogP contribution in [-0.4, -0.2) is 24.3 Å². The van der Waals surface area contributed by atoms with Crippen LogP contribution in [0.5, 0.6) is 5.75 Å². The molecule has 0 fully saturated rings. The Morgan fingerprint density at radius 3 is 2.04 bits per heavy atom. The summed E-state index contributed by atoms with van der Waals surface area (Å²) >= 11 is 0. The van der Waals surface area contributed by atoms with Crippen LogP contribution in [-0.2, 0) is 4.79 Å². The van der Waals surface area contributed by atoms with Crippen molar-refractivity contribution in [1.82, 2.24) is 5.32 Å². The summed E-state index contributed by atoms with van der Waals surface area (Å²) in [6.07, 6.45) is 0. The molecule has 0 heterocycles. The molecule has 0 aliphatic heterocycles. The predicted octanol–water partition coefficient (Wildman–Crippen LogP) is 4.97. The molecule has 4 heteroatoms. The van der Waals surface area contributed by atoms with E-state index in [1.165, 1.54) is 0 Å². The van der Waals surface area contributed by atoms with Gasteiger partial charge < -0.3 is 10.1 Å². The summed E-state index contributed by atoms with van der Waals surface area (Å²) in [4.78, 5) is 26.5. The van der Waals surface area contributed by atoms with E-state index in [2.05, 4.69) is 5.32 Å². The van der Waals surface area contributed by atoms with Crippen LogP contribution in [0, 0.1) is 5.41 Å². The SMILES string of the molecule is COc1ccc(C(=O)NC(C)(C)C)c(C(C(=O)C(C)(C)C)c2ccccc2)c1. The quantitative estimate of drug-likeness (QED) is 0.795. The summed E-state index contributed by atoms with van der Waals surface area (Å²) in [7, 11) is 1.58. The van der Waals surface area contributed by atoms with Gasteiger partial charge in [0.15, 0.2) is 0 Å². The number of nitrogens with one attached hydrogen (secondary N) is 1. The zero-order valence-electron chi connectivity index (χ0n) is 17.9. The van der Waals surface area contributed by atoms with Crippen molar-refractivity contribution in [2.75, 3.05) is 7.11 Å². The number of amides is 1. The fraction of sp³-hybridized carbons (Fsp3) is 0.417. The third-order valence-electron chi connectivity index (χ3n) is 4.44. The second-order valence-corrected chi connectivity index (χ2v) is 9.12. The van der Waals surface area contributed by atoms with Gasteiger partial charge in [-0.1, -0.05) is 51.1 Å². The predicted molar refractivity (Wildman–Crippen MR) is 113 cm³/mol. The first-order chi connectivity index (χ1) is 12.9. The molecule has 2 aromatic carbocycles. The summed E-state index contributed by atoms with van der Waals surface area (Å²) < 4.78 is 5.40. The average Bonchev–Trinajstić information content (AvgIpc) is 2.60. The van der Waals surface area contributed by atoms with Gasteiger partial charge in [0.25, 0.3) is 5.91 Å². The number of hydrogen-bond acceptors (Lipinski definition) is 3. The minimum absolute atomic E-state index is 0.0526. The molecule has 0 spiro atoms. The summed E-state index contributed by atoms with van der Waals surface area (Å²) in [5, 5.41) is 3.01. The standard InChI is InChI=1S/C24H31NO3/c1-23(2,3)21(26)20(16-11-9-8-10-12-16)19-15-17(28-7)13-14-18(19)22(27)25-24(4,5)6/h8-15,20H,1-7H3,(H,25,27). The Morgan fingerprint density at radius 1 is 0.929 bits per heavy atom. The number of benzene rings is 2. The average molecular weight is 382 g/mol. The van der Waals surface area contributed by atoms with E-state index in [0.717, 1.165) is 5.56 Å². The van der Waals surface area contributed by atoms with Gasteiger partial charge in [-0.15, -0.1) is 0 Å². The maximum atomic E-state index is 13.5. The zero-order chi connectivity index (χ0) is 21.1. The van der Waals surface area contributed by atoms with Crippen LogP contribution in [0.3, 0.4) is 0 Å². The van der Waals surface area contributed by atoms with Crippen molar-refractivity contribution in [3.63, 3.8) is 0 Å². The molecular weight excluding hydrogens is 350 g/mol. The Morgan fingerprint density at radius 2 is 1.54 bits per heavy atom. The van der Waals surface area contributed by atoms with Gasteiger partial charge in [-0.05, 0) is 50.1 Å². The van der Waals surface area contributed by atoms with Gasteiger partial charge in [0.2, 0.25) is 0 Å². The molecule has 1 atom stereocenters. The van der Waals surface area contributed by atoms with Crippen molar-refractivity contribution in [3.8, 4) is 5.75 Å². The highest BCUT2D eigenvalue weighted by atomic mass is 16.5. The highest BCUT2D eigenvalue weighted by Crippen LogP contribution is 2.36. The molecule has 0 aromatic heterocycles. The third kappa shape index (κ3) is 5.22.